The molecule has 1 aromatic heterocycles. The summed E-state index contributed by atoms with van der Waals surface area (Å²) in [6.45, 7) is 2.35. The van der Waals surface area contributed by atoms with Gasteiger partial charge in [-0.1, -0.05) is 18.2 Å². The molecule has 0 atom stereocenters. The average molecular weight is 296 g/mol. The molecule has 0 aliphatic carbocycles. The van der Waals surface area contributed by atoms with E-state index in [4.69, 9.17) is 20.8 Å². The SMILES string of the molecule is OC1(CNCc2c(Cl)oc3ccccc23)CCOCC1. The van der Waals surface area contributed by atoms with E-state index < -0.39 is 5.60 Å². The molecule has 4 nitrogen and oxygen atoms in total. The van der Waals surface area contributed by atoms with Crippen LogP contribution in [0.25, 0.3) is 11.0 Å². The first-order valence-electron chi connectivity index (χ1n) is 6.85. The van der Waals surface area contributed by atoms with Gasteiger partial charge in [0, 0.05) is 50.1 Å². The van der Waals surface area contributed by atoms with Gasteiger partial charge >= 0.3 is 0 Å². The van der Waals surface area contributed by atoms with Gasteiger partial charge in [0.15, 0.2) is 5.22 Å². The molecule has 1 aliphatic rings. The van der Waals surface area contributed by atoms with E-state index in [-0.39, 0.29) is 0 Å². The molecular formula is C15H18ClNO3. The molecule has 0 unspecified atom stereocenters. The summed E-state index contributed by atoms with van der Waals surface area (Å²) in [5, 5.41) is 15.1. The Kier molecular flexibility index (Phi) is 3.98. The van der Waals surface area contributed by atoms with E-state index in [0.29, 0.717) is 44.4 Å². The van der Waals surface area contributed by atoms with Crippen molar-refractivity contribution in [3.63, 3.8) is 0 Å². The lowest BCUT2D eigenvalue weighted by Gasteiger charge is -2.32. The largest absolute Gasteiger partial charge is 0.444 e. The number of fused-ring (bicyclic) bond motifs is 1. The Labute approximate surface area is 122 Å². The monoisotopic (exact) mass is 295 g/mol. The van der Waals surface area contributed by atoms with Crippen molar-refractivity contribution in [2.75, 3.05) is 19.8 Å². The molecule has 0 bridgehead atoms. The van der Waals surface area contributed by atoms with E-state index in [2.05, 4.69) is 5.32 Å². The minimum Gasteiger partial charge on any atom is -0.444 e. The number of hydrogen-bond acceptors (Lipinski definition) is 4. The van der Waals surface area contributed by atoms with Crippen LogP contribution < -0.4 is 5.32 Å². The number of hydrogen-bond donors (Lipinski definition) is 2. The summed E-state index contributed by atoms with van der Waals surface area (Å²) in [6.07, 6.45) is 1.33. The van der Waals surface area contributed by atoms with Crippen LogP contribution in [0.5, 0.6) is 0 Å². The van der Waals surface area contributed by atoms with Gasteiger partial charge in [0.1, 0.15) is 5.58 Å². The third-order valence-electron chi connectivity index (χ3n) is 3.83. The second kappa shape index (κ2) is 5.74. The average Bonchev–Trinajstić information content (AvgIpc) is 2.76. The number of aliphatic hydroxyl groups is 1. The molecule has 0 radical (unpaired) electrons. The van der Waals surface area contributed by atoms with Gasteiger partial charge in [0.2, 0.25) is 0 Å². The van der Waals surface area contributed by atoms with Crippen LogP contribution in [0.1, 0.15) is 18.4 Å². The van der Waals surface area contributed by atoms with Crippen molar-refractivity contribution >= 4 is 22.6 Å². The Morgan fingerprint density at radius 2 is 2.00 bits per heavy atom. The van der Waals surface area contributed by atoms with Crippen LogP contribution in [0.2, 0.25) is 5.22 Å². The number of halogens is 1. The number of ether oxygens (including phenoxy) is 1. The smallest absolute Gasteiger partial charge is 0.199 e. The topological polar surface area (TPSA) is 54.6 Å². The molecule has 1 fully saturated rings. The Hall–Kier alpha value is -1.07. The highest BCUT2D eigenvalue weighted by atomic mass is 35.5. The molecule has 0 spiro atoms. The fraction of sp³-hybridized carbons (Fsp3) is 0.467. The maximum absolute atomic E-state index is 10.4. The molecule has 2 aromatic rings. The Morgan fingerprint density at radius 3 is 2.80 bits per heavy atom. The van der Waals surface area contributed by atoms with Crippen LogP contribution in [-0.2, 0) is 11.3 Å². The zero-order valence-corrected chi connectivity index (χ0v) is 11.9. The van der Waals surface area contributed by atoms with Gasteiger partial charge in [-0.25, -0.2) is 0 Å². The maximum atomic E-state index is 10.4. The fourth-order valence-corrected chi connectivity index (χ4v) is 2.83. The quantitative estimate of drug-likeness (QED) is 0.910. The molecule has 1 saturated heterocycles. The summed E-state index contributed by atoms with van der Waals surface area (Å²) >= 11 is 6.13. The van der Waals surface area contributed by atoms with Gasteiger partial charge in [-0.15, -0.1) is 0 Å². The van der Waals surface area contributed by atoms with Crippen molar-refractivity contribution in [2.45, 2.75) is 25.0 Å². The molecule has 108 valence electrons. The van der Waals surface area contributed by atoms with E-state index in [1.807, 2.05) is 24.3 Å². The number of nitrogens with one attached hydrogen (secondary N) is 1. The molecule has 2 N–H and O–H groups in total. The van der Waals surface area contributed by atoms with Gasteiger partial charge in [0.25, 0.3) is 0 Å². The van der Waals surface area contributed by atoms with Crippen molar-refractivity contribution in [3.8, 4) is 0 Å². The van der Waals surface area contributed by atoms with Crippen molar-refractivity contribution in [2.24, 2.45) is 0 Å². The third-order valence-corrected chi connectivity index (χ3v) is 4.13. The summed E-state index contributed by atoms with van der Waals surface area (Å²) in [7, 11) is 0. The van der Waals surface area contributed by atoms with E-state index in [9.17, 15) is 5.11 Å². The molecule has 0 amide bonds. The second-order valence-corrected chi connectivity index (χ2v) is 5.63. The van der Waals surface area contributed by atoms with Gasteiger partial charge in [-0.2, -0.15) is 0 Å². The first-order chi connectivity index (χ1) is 9.68. The van der Waals surface area contributed by atoms with Gasteiger partial charge in [0.05, 0.1) is 5.60 Å². The summed E-state index contributed by atoms with van der Waals surface area (Å²) in [5.41, 5.74) is 1.06. The predicted octanol–water partition coefficient (Wildman–Crippen LogP) is 2.72. The summed E-state index contributed by atoms with van der Waals surface area (Å²) < 4.78 is 10.8. The zero-order chi connectivity index (χ0) is 14.0. The van der Waals surface area contributed by atoms with Gasteiger partial charge < -0.3 is 19.6 Å². The minimum absolute atomic E-state index is 0.415. The highest BCUT2D eigenvalue weighted by molar-refractivity contribution is 6.30. The first-order valence-corrected chi connectivity index (χ1v) is 7.22. The zero-order valence-electron chi connectivity index (χ0n) is 11.2. The molecule has 1 aromatic carbocycles. The molecule has 0 saturated carbocycles. The lowest BCUT2D eigenvalue weighted by Crippen LogP contribution is -2.44. The molecule has 20 heavy (non-hydrogen) atoms. The second-order valence-electron chi connectivity index (χ2n) is 5.29. The fourth-order valence-electron chi connectivity index (χ4n) is 2.58. The molecule has 1 aliphatic heterocycles. The van der Waals surface area contributed by atoms with Crippen LogP contribution in [-0.4, -0.2) is 30.5 Å². The van der Waals surface area contributed by atoms with Gasteiger partial charge in [-0.05, 0) is 17.7 Å². The molecule has 5 heteroatoms. The van der Waals surface area contributed by atoms with Crippen LogP contribution in [0.15, 0.2) is 28.7 Å². The Balaban J connectivity index is 1.66. The van der Waals surface area contributed by atoms with E-state index in [0.717, 1.165) is 16.5 Å². The van der Waals surface area contributed by atoms with Gasteiger partial charge in [-0.3, -0.25) is 0 Å². The first kappa shape index (κ1) is 13.9. The van der Waals surface area contributed by atoms with Crippen LogP contribution >= 0.6 is 11.6 Å². The Morgan fingerprint density at radius 1 is 1.25 bits per heavy atom. The molecule has 2 heterocycles. The standard InChI is InChI=1S/C15H18ClNO3/c16-14-12(11-3-1-2-4-13(11)20-14)9-17-10-15(18)5-7-19-8-6-15/h1-4,17-18H,5-10H2. The third kappa shape index (κ3) is 2.83. The van der Waals surface area contributed by atoms with E-state index >= 15 is 0 Å². The number of para-hydroxylation sites is 1. The predicted molar refractivity (Wildman–Crippen MR) is 77.9 cm³/mol. The normalized spacial score (nSPS) is 18.5. The summed E-state index contributed by atoms with van der Waals surface area (Å²) in [5.74, 6) is 0. The lowest BCUT2D eigenvalue weighted by atomic mass is 9.94. The van der Waals surface area contributed by atoms with Crippen molar-refractivity contribution in [1.82, 2.24) is 5.32 Å². The molecule has 3 rings (SSSR count). The van der Waals surface area contributed by atoms with Crippen molar-refractivity contribution < 1.29 is 14.3 Å². The van der Waals surface area contributed by atoms with E-state index in [1.165, 1.54) is 0 Å². The van der Waals surface area contributed by atoms with Crippen LogP contribution in [0, 0.1) is 0 Å². The number of furan rings is 1. The summed E-state index contributed by atoms with van der Waals surface area (Å²) in [4.78, 5) is 0. The molecular weight excluding hydrogens is 278 g/mol. The maximum Gasteiger partial charge on any atom is 0.199 e. The highest BCUT2D eigenvalue weighted by Gasteiger charge is 2.29. The number of rotatable bonds is 4. The lowest BCUT2D eigenvalue weighted by molar-refractivity contribution is -0.0616. The van der Waals surface area contributed by atoms with Crippen LogP contribution in [0.4, 0.5) is 0 Å². The van der Waals surface area contributed by atoms with E-state index in [1.54, 1.807) is 0 Å². The summed E-state index contributed by atoms with van der Waals surface area (Å²) in [6, 6.07) is 7.77. The highest BCUT2D eigenvalue weighted by Crippen LogP contribution is 2.29. The Bertz CT molecular complexity index is 590. The van der Waals surface area contributed by atoms with Crippen molar-refractivity contribution in [3.05, 3.63) is 35.0 Å². The van der Waals surface area contributed by atoms with Crippen molar-refractivity contribution in [1.29, 1.82) is 0 Å². The van der Waals surface area contributed by atoms with Crippen LogP contribution in [0.3, 0.4) is 0 Å². The minimum atomic E-state index is -0.676. The number of benzene rings is 1.